The van der Waals surface area contributed by atoms with Crippen LogP contribution in [0.2, 0.25) is 5.02 Å². The molecule has 1 amide bonds. The Balaban J connectivity index is 1.63. The molecule has 0 atom stereocenters. The highest BCUT2D eigenvalue weighted by Gasteiger charge is 2.18. The molecular weight excluding hydrogens is 358 g/mol. The molecule has 4 rings (SSSR count). The van der Waals surface area contributed by atoms with E-state index in [1.165, 1.54) is 28.7 Å². The zero-order chi connectivity index (χ0) is 17.4. The molecule has 2 aromatic heterocycles. The molecule has 130 valence electrons. The van der Waals surface area contributed by atoms with Gasteiger partial charge in [0.25, 0.3) is 5.56 Å². The zero-order valence-corrected chi connectivity index (χ0v) is 15.2. The predicted octanol–water partition coefficient (Wildman–Crippen LogP) is 3.71. The molecule has 3 aromatic rings. The number of rotatable bonds is 3. The second-order valence-corrected chi connectivity index (χ2v) is 7.93. The third-order valence-corrected chi connectivity index (χ3v) is 6.15. The first-order valence-corrected chi connectivity index (χ1v) is 9.68. The molecule has 7 heteroatoms. The highest BCUT2D eigenvalue weighted by atomic mass is 35.5. The van der Waals surface area contributed by atoms with Crippen LogP contribution in [0.15, 0.2) is 29.3 Å². The fourth-order valence-corrected chi connectivity index (χ4v) is 4.91. The van der Waals surface area contributed by atoms with E-state index in [1.807, 2.05) is 12.1 Å². The van der Waals surface area contributed by atoms with Crippen LogP contribution in [0.4, 0.5) is 0 Å². The summed E-state index contributed by atoms with van der Waals surface area (Å²) in [6.45, 7) is 0.000249. The molecule has 1 aliphatic carbocycles. The van der Waals surface area contributed by atoms with E-state index in [0.29, 0.717) is 15.2 Å². The minimum absolute atomic E-state index is 0.000249. The zero-order valence-electron chi connectivity index (χ0n) is 13.6. The molecule has 1 saturated carbocycles. The van der Waals surface area contributed by atoms with Crippen LogP contribution in [0.1, 0.15) is 32.1 Å². The predicted molar refractivity (Wildman–Crippen MR) is 101 cm³/mol. The van der Waals surface area contributed by atoms with E-state index >= 15 is 0 Å². The van der Waals surface area contributed by atoms with Crippen LogP contribution in [0.5, 0.6) is 0 Å². The van der Waals surface area contributed by atoms with E-state index in [-0.39, 0.29) is 24.1 Å². The maximum atomic E-state index is 12.7. The Morgan fingerprint density at radius 3 is 2.92 bits per heavy atom. The fourth-order valence-electron chi connectivity index (χ4n) is 3.46. The van der Waals surface area contributed by atoms with Crippen molar-refractivity contribution in [2.24, 2.45) is 0 Å². The summed E-state index contributed by atoms with van der Waals surface area (Å²) < 4.78 is 2.84. The second-order valence-electron chi connectivity index (χ2n) is 6.47. The fraction of sp³-hybridized carbons (Fsp3) is 0.389. The van der Waals surface area contributed by atoms with Gasteiger partial charge in [0, 0.05) is 16.1 Å². The van der Waals surface area contributed by atoms with Gasteiger partial charge in [0.05, 0.1) is 16.9 Å². The number of carbonyl (C=O) groups excluding carboxylic acids is 1. The maximum Gasteiger partial charge on any atom is 0.271 e. The van der Waals surface area contributed by atoms with Gasteiger partial charge in [-0.25, -0.2) is 4.98 Å². The number of hydrogen-bond donors (Lipinski definition) is 1. The normalized spacial score (nSPS) is 15.7. The van der Waals surface area contributed by atoms with Crippen molar-refractivity contribution in [2.45, 2.75) is 44.7 Å². The first-order valence-electron chi connectivity index (χ1n) is 8.49. The average Bonchev–Trinajstić information content (AvgIpc) is 2.99. The lowest BCUT2D eigenvalue weighted by molar-refractivity contribution is -0.122. The SMILES string of the molecule is O=C(Cn1cnc2c(sc3cccc(Cl)c32)c1=O)NC1CCCCC1. The number of aromatic nitrogens is 2. The number of fused-ring (bicyclic) bond motifs is 3. The van der Waals surface area contributed by atoms with Gasteiger partial charge in [-0.2, -0.15) is 0 Å². The van der Waals surface area contributed by atoms with Crippen LogP contribution < -0.4 is 10.9 Å². The average molecular weight is 376 g/mol. The number of hydrogen-bond acceptors (Lipinski definition) is 4. The molecular formula is C18H18ClN3O2S. The number of nitrogens with one attached hydrogen (secondary N) is 1. The van der Waals surface area contributed by atoms with Crippen molar-refractivity contribution >= 4 is 49.1 Å². The molecule has 0 unspecified atom stereocenters. The molecule has 1 N–H and O–H groups in total. The van der Waals surface area contributed by atoms with Crippen molar-refractivity contribution in [1.82, 2.24) is 14.9 Å². The highest BCUT2D eigenvalue weighted by Crippen LogP contribution is 2.34. The molecule has 0 saturated heterocycles. The summed E-state index contributed by atoms with van der Waals surface area (Å²) in [5, 5.41) is 4.43. The summed E-state index contributed by atoms with van der Waals surface area (Å²) in [4.78, 5) is 29.4. The Morgan fingerprint density at radius 1 is 1.32 bits per heavy atom. The van der Waals surface area contributed by atoms with E-state index in [1.54, 1.807) is 6.07 Å². The lowest BCUT2D eigenvalue weighted by Gasteiger charge is -2.22. The van der Waals surface area contributed by atoms with Crippen LogP contribution in [0.25, 0.3) is 20.3 Å². The molecule has 0 aliphatic heterocycles. The second kappa shape index (κ2) is 6.77. The van der Waals surface area contributed by atoms with Gasteiger partial charge >= 0.3 is 0 Å². The van der Waals surface area contributed by atoms with Crippen LogP contribution in [-0.2, 0) is 11.3 Å². The van der Waals surface area contributed by atoms with Gasteiger partial charge in [-0.05, 0) is 25.0 Å². The Labute approximate surface area is 153 Å². The van der Waals surface area contributed by atoms with Crippen molar-refractivity contribution in [3.05, 3.63) is 39.9 Å². The van der Waals surface area contributed by atoms with Crippen molar-refractivity contribution in [3.63, 3.8) is 0 Å². The summed E-state index contributed by atoms with van der Waals surface area (Å²) in [7, 11) is 0. The number of halogens is 1. The Morgan fingerprint density at radius 2 is 2.12 bits per heavy atom. The highest BCUT2D eigenvalue weighted by molar-refractivity contribution is 7.25. The van der Waals surface area contributed by atoms with Gasteiger partial charge < -0.3 is 5.32 Å². The molecule has 1 aromatic carbocycles. The standard InChI is InChI=1S/C18H18ClN3O2S/c19-12-7-4-8-13-15(12)16-17(25-13)18(24)22(10-20-16)9-14(23)21-11-5-2-1-3-6-11/h4,7-8,10-11H,1-3,5-6,9H2,(H,21,23). The molecule has 0 spiro atoms. The minimum atomic E-state index is -0.193. The number of carbonyl (C=O) groups is 1. The molecule has 1 fully saturated rings. The van der Waals surface area contributed by atoms with Crippen molar-refractivity contribution < 1.29 is 4.79 Å². The number of nitrogens with zero attached hydrogens (tertiary/aromatic N) is 2. The molecule has 1 aliphatic rings. The quantitative estimate of drug-likeness (QED) is 0.758. The van der Waals surface area contributed by atoms with Crippen LogP contribution in [0.3, 0.4) is 0 Å². The number of amides is 1. The summed E-state index contributed by atoms with van der Waals surface area (Å²) in [6.07, 6.45) is 7.03. The van der Waals surface area contributed by atoms with Gasteiger partial charge in [-0.3, -0.25) is 14.2 Å². The summed E-state index contributed by atoms with van der Waals surface area (Å²) in [5.41, 5.74) is 0.417. The molecule has 0 bridgehead atoms. The first-order chi connectivity index (χ1) is 12.1. The molecule has 5 nitrogen and oxygen atoms in total. The maximum absolute atomic E-state index is 12.7. The third-order valence-electron chi connectivity index (χ3n) is 4.70. The smallest absolute Gasteiger partial charge is 0.271 e. The van der Waals surface area contributed by atoms with Crippen LogP contribution in [-0.4, -0.2) is 21.5 Å². The van der Waals surface area contributed by atoms with Crippen molar-refractivity contribution in [2.75, 3.05) is 0 Å². The van der Waals surface area contributed by atoms with E-state index in [0.717, 1.165) is 35.8 Å². The first kappa shape index (κ1) is 16.5. The van der Waals surface area contributed by atoms with Crippen molar-refractivity contribution in [3.8, 4) is 0 Å². The summed E-state index contributed by atoms with van der Waals surface area (Å²) in [6, 6.07) is 5.81. The van der Waals surface area contributed by atoms with Gasteiger partial charge in [-0.15, -0.1) is 11.3 Å². The van der Waals surface area contributed by atoms with E-state index in [2.05, 4.69) is 10.3 Å². The van der Waals surface area contributed by atoms with Gasteiger partial charge in [0.1, 0.15) is 11.2 Å². The lowest BCUT2D eigenvalue weighted by atomic mass is 9.95. The van der Waals surface area contributed by atoms with Crippen molar-refractivity contribution in [1.29, 1.82) is 0 Å². The van der Waals surface area contributed by atoms with Crippen LogP contribution >= 0.6 is 22.9 Å². The van der Waals surface area contributed by atoms with Gasteiger partial charge in [0.15, 0.2) is 0 Å². The monoisotopic (exact) mass is 375 g/mol. The van der Waals surface area contributed by atoms with E-state index in [4.69, 9.17) is 11.6 Å². The Kier molecular flexibility index (Phi) is 4.48. The largest absolute Gasteiger partial charge is 0.352 e. The minimum Gasteiger partial charge on any atom is -0.352 e. The van der Waals surface area contributed by atoms with Gasteiger partial charge in [0.2, 0.25) is 5.91 Å². The summed E-state index contributed by atoms with van der Waals surface area (Å²) >= 11 is 7.62. The third kappa shape index (κ3) is 3.16. The Bertz CT molecular complexity index is 1000. The summed E-state index contributed by atoms with van der Waals surface area (Å²) in [5.74, 6) is -0.130. The van der Waals surface area contributed by atoms with E-state index in [9.17, 15) is 9.59 Å². The topological polar surface area (TPSA) is 64.0 Å². The molecule has 0 radical (unpaired) electrons. The van der Waals surface area contributed by atoms with Gasteiger partial charge in [-0.1, -0.05) is 36.9 Å². The molecule has 2 heterocycles. The lowest BCUT2D eigenvalue weighted by Crippen LogP contribution is -2.39. The number of thiophene rings is 1. The Hall–Kier alpha value is -1.92. The van der Waals surface area contributed by atoms with E-state index < -0.39 is 0 Å². The number of benzene rings is 1. The van der Waals surface area contributed by atoms with Crippen LogP contribution in [0, 0.1) is 0 Å². The molecule has 25 heavy (non-hydrogen) atoms.